The van der Waals surface area contributed by atoms with Crippen molar-refractivity contribution in [2.75, 3.05) is 6.54 Å². The molecule has 4 rings (SSSR count). The van der Waals surface area contributed by atoms with Crippen molar-refractivity contribution >= 4 is 29.0 Å². The lowest BCUT2D eigenvalue weighted by Gasteiger charge is -2.09. The first-order valence-corrected chi connectivity index (χ1v) is 12.4. The molecule has 0 aliphatic heterocycles. The third-order valence-corrected chi connectivity index (χ3v) is 6.71. The van der Waals surface area contributed by atoms with Gasteiger partial charge in [-0.3, -0.25) is 14.3 Å². The summed E-state index contributed by atoms with van der Waals surface area (Å²) in [6.07, 6.45) is 6.75. The Labute approximate surface area is 195 Å². The molecule has 32 heavy (non-hydrogen) atoms. The molecule has 0 aliphatic carbocycles. The summed E-state index contributed by atoms with van der Waals surface area (Å²) in [6.45, 7) is 2.83. The topological polar surface area (TPSA) is 85.6 Å². The van der Waals surface area contributed by atoms with Crippen LogP contribution in [0, 0.1) is 0 Å². The fourth-order valence-electron chi connectivity index (χ4n) is 3.13. The number of amides is 1. The number of nitrogens with zero attached hydrogens (tertiary/aromatic N) is 5. The molecule has 1 N–H and O–H groups in total. The van der Waals surface area contributed by atoms with Gasteiger partial charge in [-0.2, -0.15) is 0 Å². The minimum Gasteiger partial charge on any atom is -0.351 e. The molecule has 7 nitrogen and oxygen atoms in total. The van der Waals surface area contributed by atoms with E-state index in [9.17, 15) is 4.79 Å². The summed E-state index contributed by atoms with van der Waals surface area (Å²) in [6, 6.07) is 13.9. The molecule has 4 aromatic rings. The number of pyridine rings is 1. The van der Waals surface area contributed by atoms with Gasteiger partial charge >= 0.3 is 0 Å². The van der Waals surface area contributed by atoms with Crippen molar-refractivity contribution in [1.82, 2.24) is 30.0 Å². The molecule has 3 heterocycles. The van der Waals surface area contributed by atoms with Gasteiger partial charge < -0.3 is 5.32 Å². The van der Waals surface area contributed by atoms with Crippen LogP contribution in [0.25, 0.3) is 17.1 Å². The zero-order valence-electron chi connectivity index (χ0n) is 17.8. The number of thioether (sulfide) groups is 1. The number of carbonyl (C=O) groups excluding carboxylic acids is 1. The van der Waals surface area contributed by atoms with E-state index < -0.39 is 0 Å². The van der Waals surface area contributed by atoms with E-state index in [4.69, 9.17) is 0 Å². The van der Waals surface area contributed by atoms with Gasteiger partial charge in [-0.05, 0) is 30.7 Å². The number of para-hydroxylation sites is 1. The van der Waals surface area contributed by atoms with Crippen molar-refractivity contribution in [2.45, 2.75) is 37.1 Å². The number of thiazole rings is 1. The predicted molar refractivity (Wildman–Crippen MR) is 128 cm³/mol. The van der Waals surface area contributed by atoms with E-state index in [2.05, 4.69) is 32.4 Å². The molecule has 0 bridgehead atoms. The van der Waals surface area contributed by atoms with E-state index in [1.807, 2.05) is 52.4 Å². The van der Waals surface area contributed by atoms with Crippen LogP contribution >= 0.6 is 23.1 Å². The average Bonchev–Trinajstić information content (AvgIpc) is 3.49. The van der Waals surface area contributed by atoms with E-state index in [1.54, 1.807) is 24.2 Å². The van der Waals surface area contributed by atoms with Gasteiger partial charge in [0.15, 0.2) is 11.0 Å². The molecule has 164 valence electrons. The van der Waals surface area contributed by atoms with Crippen molar-refractivity contribution in [1.29, 1.82) is 0 Å². The molecular formula is C23H24N6OS2. The molecule has 0 saturated carbocycles. The summed E-state index contributed by atoms with van der Waals surface area (Å²) in [5.41, 5.74) is 2.35. The predicted octanol–water partition coefficient (Wildman–Crippen LogP) is 5.00. The van der Waals surface area contributed by atoms with Crippen LogP contribution in [0.3, 0.4) is 0 Å². The Hall–Kier alpha value is -3.04. The van der Waals surface area contributed by atoms with Gasteiger partial charge in [-0.15, -0.1) is 21.5 Å². The number of unbranched alkanes of at least 4 members (excludes halogenated alkanes) is 2. The maximum atomic E-state index is 12.3. The van der Waals surface area contributed by atoms with E-state index >= 15 is 0 Å². The highest BCUT2D eigenvalue weighted by Crippen LogP contribution is 2.30. The van der Waals surface area contributed by atoms with Crippen molar-refractivity contribution in [3.05, 3.63) is 70.9 Å². The van der Waals surface area contributed by atoms with Gasteiger partial charge in [0.05, 0.1) is 5.75 Å². The first-order valence-electron chi connectivity index (χ1n) is 10.5. The van der Waals surface area contributed by atoms with Crippen LogP contribution in [0.15, 0.2) is 65.4 Å². The summed E-state index contributed by atoms with van der Waals surface area (Å²) in [4.78, 5) is 21.0. The van der Waals surface area contributed by atoms with Crippen LogP contribution in [0.1, 0.15) is 41.7 Å². The van der Waals surface area contributed by atoms with Gasteiger partial charge in [-0.1, -0.05) is 49.7 Å². The molecule has 9 heteroatoms. The SMILES string of the molecule is CCCCCNC(=O)c1csc(CSc2nnc(-c3cccnc3)n2-c2ccccc2)n1. The molecular weight excluding hydrogens is 440 g/mol. The molecule has 1 aromatic carbocycles. The number of hydrogen-bond donors (Lipinski definition) is 1. The van der Waals surface area contributed by atoms with Gasteiger partial charge in [0.25, 0.3) is 5.91 Å². The van der Waals surface area contributed by atoms with E-state index in [0.29, 0.717) is 18.0 Å². The highest BCUT2D eigenvalue weighted by atomic mass is 32.2. The van der Waals surface area contributed by atoms with Crippen molar-refractivity contribution in [3.63, 3.8) is 0 Å². The molecule has 1 amide bonds. The van der Waals surface area contributed by atoms with Crippen LogP contribution in [0.4, 0.5) is 0 Å². The molecule has 0 fully saturated rings. The molecule has 0 spiro atoms. The largest absolute Gasteiger partial charge is 0.351 e. The first-order chi connectivity index (χ1) is 15.8. The normalized spacial score (nSPS) is 10.9. The zero-order valence-corrected chi connectivity index (χ0v) is 19.4. The Kier molecular flexibility index (Phi) is 7.63. The number of hydrogen-bond acceptors (Lipinski definition) is 7. The van der Waals surface area contributed by atoms with Crippen LogP contribution in [0.2, 0.25) is 0 Å². The summed E-state index contributed by atoms with van der Waals surface area (Å²) >= 11 is 3.03. The van der Waals surface area contributed by atoms with Gasteiger partial charge in [0.2, 0.25) is 0 Å². The highest BCUT2D eigenvalue weighted by molar-refractivity contribution is 7.98. The average molecular weight is 465 g/mol. The first kappa shape index (κ1) is 22.2. The monoisotopic (exact) mass is 464 g/mol. The third-order valence-electron chi connectivity index (χ3n) is 4.74. The smallest absolute Gasteiger partial charge is 0.270 e. The fourth-order valence-corrected chi connectivity index (χ4v) is 4.87. The highest BCUT2D eigenvalue weighted by Gasteiger charge is 2.17. The number of rotatable bonds is 10. The summed E-state index contributed by atoms with van der Waals surface area (Å²) in [5, 5.41) is 15.2. The number of benzene rings is 1. The quantitative estimate of drug-likeness (QED) is 0.263. The molecule has 3 aromatic heterocycles. The van der Waals surface area contributed by atoms with Crippen molar-refractivity contribution in [3.8, 4) is 17.1 Å². The maximum absolute atomic E-state index is 12.3. The van der Waals surface area contributed by atoms with E-state index in [-0.39, 0.29) is 5.91 Å². The Balaban J connectivity index is 1.49. The number of nitrogens with one attached hydrogen (secondary N) is 1. The lowest BCUT2D eigenvalue weighted by Crippen LogP contribution is -2.24. The fraction of sp³-hybridized carbons (Fsp3) is 0.261. The van der Waals surface area contributed by atoms with E-state index in [1.165, 1.54) is 11.3 Å². The van der Waals surface area contributed by atoms with E-state index in [0.717, 1.165) is 46.5 Å². The number of carbonyl (C=O) groups is 1. The molecule has 0 unspecified atom stereocenters. The number of aromatic nitrogens is 5. The molecule has 0 saturated heterocycles. The van der Waals surface area contributed by atoms with Crippen molar-refractivity contribution < 1.29 is 4.79 Å². The lowest BCUT2D eigenvalue weighted by atomic mass is 10.2. The molecule has 0 atom stereocenters. The van der Waals surface area contributed by atoms with Gasteiger partial charge in [-0.25, -0.2) is 4.98 Å². The Morgan fingerprint density at radius 1 is 1.12 bits per heavy atom. The Morgan fingerprint density at radius 3 is 2.78 bits per heavy atom. The summed E-state index contributed by atoms with van der Waals surface area (Å²) in [5.74, 6) is 1.23. The summed E-state index contributed by atoms with van der Waals surface area (Å²) in [7, 11) is 0. The lowest BCUT2D eigenvalue weighted by molar-refractivity contribution is 0.0948. The second-order valence-corrected chi connectivity index (χ2v) is 8.98. The Bertz CT molecular complexity index is 1140. The second kappa shape index (κ2) is 11.0. The maximum Gasteiger partial charge on any atom is 0.270 e. The standard InChI is InChI=1S/C23H24N6OS2/c1-2-3-7-13-25-22(30)19-15-31-20(26-19)16-32-23-28-27-21(17-9-8-12-24-14-17)29(23)18-10-5-4-6-11-18/h4-6,8-12,14-15H,2-3,7,13,16H2,1H3,(H,25,30). The van der Waals surface area contributed by atoms with Gasteiger partial charge in [0.1, 0.15) is 10.7 Å². The van der Waals surface area contributed by atoms with Gasteiger partial charge in [0, 0.05) is 35.6 Å². The molecule has 0 aliphatic rings. The minimum atomic E-state index is -0.111. The third kappa shape index (κ3) is 5.41. The van der Waals surface area contributed by atoms with Crippen LogP contribution in [-0.2, 0) is 5.75 Å². The minimum absolute atomic E-state index is 0.111. The summed E-state index contributed by atoms with van der Waals surface area (Å²) < 4.78 is 2.02. The zero-order chi connectivity index (χ0) is 22.2. The molecule has 0 radical (unpaired) electrons. The Morgan fingerprint density at radius 2 is 2.00 bits per heavy atom. The van der Waals surface area contributed by atoms with Crippen molar-refractivity contribution in [2.24, 2.45) is 0 Å². The van der Waals surface area contributed by atoms with Crippen LogP contribution in [0.5, 0.6) is 0 Å². The van der Waals surface area contributed by atoms with Crippen LogP contribution < -0.4 is 5.32 Å². The van der Waals surface area contributed by atoms with Crippen LogP contribution in [-0.4, -0.2) is 37.2 Å². The second-order valence-electron chi connectivity index (χ2n) is 7.10.